The molecule has 0 N–H and O–H groups in total. The van der Waals surface area contributed by atoms with Crippen LogP contribution in [0.3, 0.4) is 0 Å². The van der Waals surface area contributed by atoms with Gasteiger partial charge in [0.15, 0.2) is 11.6 Å². The third kappa shape index (κ3) is 3.24. The average molecular weight is 309 g/mol. The zero-order chi connectivity index (χ0) is 16.4. The maximum Gasteiger partial charge on any atom is 0.160 e. The molecule has 0 heterocycles. The van der Waals surface area contributed by atoms with E-state index in [1.54, 1.807) is 6.07 Å². The maximum atomic E-state index is 13.7. The summed E-state index contributed by atoms with van der Waals surface area (Å²) in [6.45, 7) is 4.02. The molecule has 1 nitrogen and oxygen atoms in total. The molecule has 0 aliphatic heterocycles. The minimum atomic E-state index is -0.855. The molecular formula is C20H17F2N. The van der Waals surface area contributed by atoms with Crippen molar-refractivity contribution in [1.29, 1.82) is 0 Å². The summed E-state index contributed by atoms with van der Waals surface area (Å²) in [5.74, 6) is -1.70. The molecule has 0 bridgehead atoms. The molecule has 0 aromatic heterocycles. The van der Waals surface area contributed by atoms with Gasteiger partial charge < -0.3 is 4.90 Å². The predicted octanol–water partition coefficient (Wildman–Crippen LogP) is 6.05. The highest BCUT2D eigenvalue weighted by molar-refractivity contribution is 5.76. The second-order valence-electron chi connectivity index (χ2n) is 5.60. The van der Waals surface area contributed by atoms with Gasteiger partial charge in [-0.3, -0.25) is 0 Å². The molecule has 0 unspecified atom stereocenters. The first-order valence-electron chi connectivity index (χ1n) is 7.43. The molecule has 0 spiro atoms. The lowest BCUT2D eigenvalue weighted by Gasteiger charge is -2.25. The van der Waals surface area contributed by atoms with Crippen molar-refractivity contribution < 1.29 is 8.78 Å². The van der Waals surface area contributed by atoms with Crippen LogP contribution >= 0.6 is 0 Å². The standard InChI is InChI=1S/C20H17F2N/c1-14-3-7-16(8-4-14)23(17-9-5-15(2)6-10-17)18-11-12-19(21)20(22)13-18/h3-13H,1-2H3. The lowest BCUT2D eigenvalue weighted by atomic mass is 10.1. The fraction of sp³-hybridized carbons (Fsp3) is 0.100. The Labute approximate surface area is 134 Å². The molecule has 0 saturated heterocycles. The van der Waals surface area contributed by atoms with Crippen LogP contribution in [0.5, 0.6) is 0 Å². The smallest absolute Gasteiger partial charge is 0.160 e. The van der Waals surface area contributed by atoms with E-state index in [0.717, 1.165) is 28.6 Å². The highest BCUT2D eigenvalue weighted by Crippen LogP contribution is 2.35. The van der Waals surface area contributed by atoms with Crippen molar-refractivity contribution in [2.24, 2.45) is 0 Å². The molecule has 3 aromatic rings. The van der Waals surface area contributed by atoms with Gasteiger partial charge in [0.05, 0.1) is 0 Å². The zero-order valence-electron chi connectivity index (χ0n) is 13.1. The SMILES string of the molecule is Cc1ccc(N(c2ccc(C)cc2)c2ccc(F)c(F)c2)cc1. The van der Waals surface area contributed by atoms with E-state index >= 15 is 0 Å². The minimum absolute atomic E-state index is 0.580. The summed E-state index contributed by atoms with van der Waals surface area (Å²) in [5, 5.41) is 0. The average Bonchev–Trinajstić information content (AvgIpc) is 2.55. The molecule has 0 aliphatic carbocycles. The van der Waals surface area contributed by atoms with Crippen LogP contribution in [-0.2, 0) is 0 Å². The lowest BCUT2D eigenvalue weighted by Crippen LogP contribution is -2.10. The molecule has 0 aliphatic rings. The van der Waals surface area contributed by atoms with Crippen molar-refractivity contribution in [1.82, 2.24) is 0 Å². The molecule has 3 aromatic carbocycles. The minimum Gasteiger partial charge on any atom is -0.310 e. The summed E-state index contributed by atoms with van der Waals surface area (Å²) in [4.78, 5) is 1.90. The Kier molecular flexibility index (Phi) is 4.11. The van der Waals surface area contributed by atoms with E-state index < -0.39 is 11.6 Å². The van der Waals surface area contributed by atoms with Crippen LogP contribution in [0.1, 0.15) is 11.1 Å². The Bertz CT molecular complexity index is 763. The number of anilines is 3. The van der Waals surface area contributed by atoms with E-state index in [9.17, 15) is 8.78 Å². The van der Waals surface area contributed by atoms with Crippen LogP contribution in [0.25, 0.3) is 0 Å². The molecule has 116 valence electrons. The summed E-state index contributed by atoms with van der Waals surface area (Å²) in [6, 6.07) is 19.8. The Morgan fingerprint density at radius 3 is 1.43 bits per heavy atom. The summed E-state index contributed by atoms with van der Waals surface area (Å²) >= 11 is 0. The van der Waals surface area contributed by atoms with E-state index in [1.165, 1.54) is 6.07 Å². The van der Waals surface area contributed by atoms with Crippen molar-refractivity contribution in [3.8, 4) is 0 Å². The fourth-order valence-corrected chi connectivity index (χ4v) is 2.46. The fourth-order valence-electron chi connectivity index (χ4n) is 2.46. The number of halogens is 2. The first kappa shape index (κ1) is 15.2. The molecule has 0 saturated carbocycles. The van der Waals surface area contributed by atoms with E-state index in [0.29, 0.717) is 5.69 Å². The van der Waals surface area contributed by atoms with Gasteiger partial charge in [-0.15, -0.1) is 0 Å². The monoisotopic (exact) mass is 309 g/mol. The zero-order valence-corrected chi connectivity index (χ0v) is 13.1. The van der Waals surface area contributed by atoms with Gasteiger partial charge in [0.25, 0.3) is 0 Å². The first-order chi connectivity index (χ1) is 11.0. The summed E-state index contributed by atoms with van der Waals surface area (Å²) < 4.78 is 27.0. The maximum absolute atomic E-state index is 13.7. The molecule has 0 amide bonds. The van der Waals surface area contributed by atoms with E-state index in [4.69, 9.17) is 0 Å². The molecule has 0 fully saturated rings. The topological polar surface area (TPSA) is 3.24 Å². The van der Waals surface area contributed by atoms with E-state index in [1.807, 2.05) is 67.3 Å². The van der Waals surface area contributed by atoms with E-state index in [2.05, 4.69) is 0 Å². The van der Waals surface area contributed by atoms with Gasteiger partial charge in [-0.1, -0.05) is 35.4 Å². The summed E-state index contributed by atoms with van der Waals surface area (Å²) in [6.07, 6.45) is 0. The molecule has 0 radical (unpaired) electrons. The largest absolute Gasteiger partial charge is 0.310 e. The van der Waals surface area contributed by atoms with Gasteiger partial charge >= 0.3 is 0 Å². The Morgan fingerprint density at radius 1 is 0.565 bits per heavy atom. The third-order valence-corrected chi connectivity index (χ3v) is 3.75. The number of aryl methyl sites for hydroxylation is 2. The highest BCUT2D eigenvalue weighted by atomic mass is 19.2. The van der Waals surface area contributed by atoms with Crippen molar-refractivity contribution in [3.63, 3.8) is 0 Å². The number of nitrogens with zero attached hydrogens (tertiary/aromatic N) is 1. The van der Waals surface area contributed by atoms with Crippen LogP contribution in [-0.4, -0.2) is 0 Å². The normalized spacial score (nSPS) is 10.6. The summed E-state index contributed by atoms with van der Waals surface area (Å²) in [7, 11) is 0. The predicted molar refractivity (Wildman–Crippen MR) is 90.5 cm³/mol. The Hall–Kier alpha value is -2.68. The lowest BCUT2D eigenvalue weighted by molar-refractivity contribution is 0.509. The second kappa shape index (κ2) is 6.21. The van der Waals surface area contributed by atoms with Crippen molar-refractivity contribution in [2.45, 2.75) is 13.8 Å². The van der Waals surface area contributed by atoms with E-state index in [-0.39, 0.29) is 0 Å². The van der Waals surface area contributed by atoms with Gasteiger partial charge in [0.1, 0.15) is 0 Å². The third-order valence-electron chi connectivity index (χ3n) is 3.75. The quantitative estimate of drug-likeness (QED) is 0.569. The molecule has 3 rings (SSSR count). The van der Waals surface area contributed by atoms with Gasteiger partial charge in [-0.05, 0) is 50.2 Å². The van der Waals surface area contributed by atoms with Crippen LogP contribution < -0.4 is 4.90 Å². The van der Waals surface area contributed by atoms with Gasteiger partial charge in [-0.2, -0.15) is 0 Å². The van der Waals surface area contributed by atoms with Crippen molar-refractivity contribution in [3.05, 3.63) is 89.5 Å². The van der Waals surface area contributed by atoms with Gasteiger partial charge in [0.2, 0.25) is 0 Å². The number of rotatable bonds is 3. The summed E-state index contributed by atoms with van der Waals surface area (Å²) in [5.41, 5.74) is 4.65. The van der Waals surface area contributed by atoms with Crippen LogP contribution in [0.15, 0.2) is 66.7 Å². The van der Waals surface area contributed by atoms with Crippen molar-refractivity contribution in [2.75, 3.05) is 4.90 Å². The molecule has 0 atom stereocenters. The highest BCUT2D eigenvalue weighted by Gasteiger charge is 2.14. The Morgan fingerprint density at radius 2 is 1.00 bits per heavy atom. The number of hydrogen-bond donors (Lipinski definition) is 0. The number of hydrogen-bond acceptors (Lipinski definition) is 1. The first-order valence-corrected chi connectivity index (χ1v) is 7.43. The molecular weight excluding hydrogens is 292 g/mol. The molecule has 23 heavy (non-hydrogen) atoms. The molecule has 3 heteroatoms. The van der Waals surface area contributed by atoms with Crippen LogP contribution in [0.2, 0.25) is 0 Å². The second-order valence-corrected chi connectivity index (χ2v) is 5.60. The Balaban J connectivity index is 2.14. The number of benzene rings is 3. The van der Waals surface area contributed by atoms with Gasteiger partial charge in [-0.25, -0.2) is 8.78 Å². The van der Waals surface area contributed by atoms with Crippen molar-refractivity contribution >= 4 is 17.1 Å². The van der Waals surface area contributed by atoms with Crippen LogP contribution in [0.4, 0.5) is 25.8 Å². The van der Waals surface area contributed by atoms with Crippen LogP contribution in [0, 0.1) is 25.5 Å². The van der Waals surface area contributed by atoms with Gasteiger partial charge in [0, 0.05) is 23.1 Å².